The van der Waals surface area contributed by atoms with Crippen molar-refractivity contribution in [3.8, 4) is 0 Å². The van der Waals surface area contributed by atoms with E-state index in [0.717, 1.165) is 27.4 Å². The lowest BCUT2D eigenvalue weighted by atomic mass is 10.1. The molecule has 0 spiro atoms. The van der Waals surface area contributed by atoms with Crippen molar-refractivity contribution in [3.63, 3.8) is 0 Å². The van der Waals surface area contributed by atoms with Crippen molar-refractivity contribution in [1.29, 1.82) is 0 Å². The van der Waals surface area contributed by atoms with Crippen molar-refractivity contribution in [2.75, 3.05) is 32.5 Å². The Bertz CT molecular complexity index is 1120. The summed E-state index contributed by atoms with van der Waals surface area (Å²) in [6.07, 6.45) is -4.67. The fraction of sp³-hybridized carbons (Fsp3) is 0.300. The highest BCUT2D eigenvalue weighted by molar-refractivity contribution is 7.89. The summed E-state index contributed by atoms with van der Waals surface area (Å²) in [5.41, 5.74) is -1.61. The number of benzene rings is 2. The van der Waals surface area contributed by atoms with E-state index >= 15 is 0 Å². The monoisotopic (exact) mass is 491 g/mol. The van der Waals surface area contributed by atoms with Gasteiger partial charge in [0.25, 0.3) is 5.91 Å². The number of likely N-dealkylation sites (N-methyl/N-ethyl adjacent to an activating group) is 1. The Hall–Kier alpha value is -2.63. The van der Waals surface area contributed by atoms with Crippen molar-refractivity contribution in [2.45, 2.75) is 18.0 Å². The number of carbonyl (C=O) groups excluding carboxylic acids is 2. The number of nitrogens with one attached hydrogen (secondary N) is 1. The van der Waals surface area contributed by atoms with Crippen molar-refractivity contribution >= 4 is 39.1 Å². The molecule has 0 heterocycles. The third kappa shape index (κ3) is 5.78. The highest BCUT2D eigenvalue weighted by Gasteiger charge is 2.33. The Balaban J connectivity index is 2.27. The number of carbonyl (C=O) groups is 2. The molecule has 0 unspecified atom stereocenters. The summed E-state index contributed by atoms with van der Waals surface area (Å²) in [5, 5.41) is 2.13. The second-order valence-electron chi connectivity index (χ2n) is 6.84. The lowest BCUT2D eigenvalue weighted by molar-refractivity contribution is -0.137. The predicted octanol–water partition coefficient (Wildman–Crippen LogP) is 3.71. The van der Waals surface area contributed by atoms with Gasteiger partial charge in [-0.05, 0) is 37.3 Å². The molecule has 0 saturated heterocycles. The summed E-state index contributed by atoms with van der Waals surface area (Å²) in [4.78, 5) is 26.2. The first kappa shape index (κ1) is 25.6. The first-order valence-corrected chi connectivity index (χ1v) is 11.1. The molecule has 7 nitrogen and oxygen atoms in total. The van der Waals surface area contributed by atoms with Gasteiger partial charge in [0.2, 0.25) is 15.9 Å². The molecular formula is C20H21ClF3N3O4S. The van der Waals surface area contributed by atoms with E-state index in [4.69, 9.17) is 11.6 Å². The molecule has 12 heteroatoms. The smallest absolute Gasteiger partial charge is 0.330 e. The van der Waals surface area contributed by atoms with Gasteiger partial charge in [-0.1, -0.05) is 23.7 Å². The Morgan fingerprint density at radius 3 is 2.28 bits per heavy atom. The Kier molecular flexibility index (Phi) is 7.92. The average molecular weight is 492 g/mol. The minimum Gasteiger partial charge on any atom is -0.330 e. The van der Waals surface area contributed by atoms with Crippen molar-refractivity contribution in [3.05, 3.63) is 58.6 Å². The average Bonchev–Trinajstić information content (AvgIpc) is 2.71. The number of para-hydroxylation sites is 1. The molecule has 0 aromatic heterocycles. The molecule has 32 heavy (non-hydrogen) atoms. The molecule has 2 aromatic carbocycles. The summed E-state index contributed by atoms with van der Waals surface area (Å²) in [7, 11) is -1.19. The van der Waals surface area contributed by atoms with Crippen LogP contribution in [0.4, 0.5) is 18.9 Å². The summed E-state index contributed by atoms with van der Waals surface area (Å²) >= 11 is 6.08. The number of rotatable bonds is 7. The van der Waals surface area contributed by atoms with Crippen LogP contribution in [0.1, 0.15) is 22.8 Å². The maximum Gasteiger partial charge on any atom is 0.418 e. The van der Waals surface area contributed by atoms with Crippen LogP contribution in [0, 0.1) is 0 Å². The summed E-state index contributed by atoms with van der Waals surface area (Å²) < 4.78 is 65.1. The number of anilines is 1. The Morgan fingerprint density at radius 2 is 1.72 bits per heavy atom. The second kappa shape index (κ2) is 9.88. The van der Waals surface area contributed by atoms with Crippen LogP contribution in [0.15, 0.2) is 47.4 Å². The van der Waals surface area contributed by atoms with Gasteiger partial charge in [0.05, 0.1) is 26.7 Å². The standard InChI is InChI=1S/C20H21ClF3N3O4S/c1-4-27(12-18(28)25-17-8-6-5-7-15(17)20(22,23)24)19(29)14-11-13(9-10-16(14)21)32(30,31)26(2)3/h5-11H,4,12H2,1-3H3,(H,25,28). The van der Waals surface area contributed by atoms with E-state index in [0.29, 0.717) is 0 Å². The Morgan fingerprint density at radius 1 is 1.09 bits per heavy atom. The van der Waals surface area contributed by atoms with E-state index in [9.17, 15) is 31.2 Å². The lowest BCUT2D eigenvalue weighted by Crippen LogP contribution is -2.38. The van der Waals surface area contributed by atoms with Crippen LogP contribution in [-0.4, -0.2) is 56.6 Å². The molecule has 0 bridgehead atoms. The van der Waals surface area contributed by atoms with Gasteiger partial charge in [0.1, 0.15) is 6.54 Å². The maximum absolute atomic E-state index is 13.1. The number of hydrogen-bond acceptors (Lipinski definition) is 4. The number of hydrogen-bond donors (Lipinski definition) is 1. The minimum absolute atomic E-state index is 0.0220. The molecule has 0 aliphatic rings. The second-order valence-corrected chi connectivity index (χ2v) is 9.40. The zero-order chi connectivity index (χ0) is 24.3. The fourth-order valence-corrected chi connectivity index (χ4v) is 3.87. The Labute approximate surface area is 188 Å². The van der Waals surface area contributed by atoms with Gasteiger partial charge in [-0.3, -0.25) is 9.59 Å². The first-order chi connectivity index (χ1) is 14.8. The highest BCUT2D eigenvalue weighted by atomic mass is 35.5. The van der Waals surface area contributed by atoms with Crippen molar-refractivity contribution in [1.82, 2.24) is 9.21 Å². The highest BCUT2D eigenvalue weighted by Crippen LogP contribution is 2.34. The molecule has 1 N–H and O–H groups in total. The molecule has 0 aliphatic carbocycles. The summed E-state index contributed by atoms with van der Waals surface area (Å²) in [6.45, 7) is 1.01. The maximum atomic E-state index is 13.1. The van der Waals surface area contributed by atoms with Gasteiger partial charge < -0.3 is 10.2 Å². The molecule has 2 aromatic rings. The molecule has 0 radical (unpaired) electrons. The molecule has 2 rings (SSSR count). The van der Waals surface area contributed by atoms with Crippen molar-refractivity contribution in [2.24, 2.45) is 0 Å². The fourth-order valence-electron chi connectivity index (χ4n) is 2.74. The van der Waals surface area contributed by atoms with Gasteiger partial charge in [0.15, 0.2) is 0 Å². The van der Waals surface area contributed by atoms with Crippen LogP contribution in [0.3, 0.4) is 0 Å². The third-order valence-corrected chi connectivity index (χ3v) is 6.60. The van der Waals surface area contributed by atoms with Gasteiger partial charge in [-0.15, -0.1) is 0 Å². The summed E-state index contributed by atoms with van der Waals surface area (Å²) in [5.74, 6) is -1.60. The van der Waals surface area contributed by atoms with Crippen LogP contribution in [0.5, 0.6) is 0 Å². The van der Waals surface area contributed by atoms with Gasteiger partial charge in [0, 0.05) is 20.6 Å². The van der Waals surface area contributed by atoms with Crippen LogP contribution >= 0.6 is 11.6 Å². The molecule has 174 valence electrons. The van der Waals surface area contributed by atoms with Gasteiger partial charge in [-0.25, -0.2) is 12.7 Å². The predicted molar refractivity (Wildman–Crippen MR) is 114 cm³/mol. The number of alkyl halides is 3. The lowest BCUT2D eigenvalue weighted by Gasteiger charge is -2.22. The third-order valence-electron chi connectivity index (χ3n) is 4.46. The van der Waals surface area contributed by atoms with E-state index < -0.39 is 45.8 Å². The number of halogens is 4. The first-order valence-electron chi connectivity index (χ1n) is 9.26. The number of nitrogens with zero attached hydrogens (tertiary/aromatic N) is 2. The summed E-state index contributed by atoms with van der Waals surface area (Å²) in [6, 6.07) is 8.05. The zero-order valence-corrected chi connectivity index (χ0v) is 19.0. The molecular weight excluding hydrogens is 471 g/mol. The van der Waals surface area contributed by atoms with Crippen LogP contribution in [0.25, 0.3) is 0 Å². The van der Waals surface area contributed by atoms with Crippen LogP contribution in [-0.2, 0) is 21.0 Å². The molecule has 0 aliphatic heterocycles. The molecule has 0 atom stereocenters. The van der Waals surface area contributed by atoms with Crippen LogP contribution in [0.2, 0.25) is 5.02 Å². The topological polar surface area (TPSA) is 86.8 Å². The van der Waals surface area contributed by atoms with Gasteiger partial charge in [-0.2, -0.15) is 13.2 Å². The van der Waals surface area contributed by atoms with Gasteiger partial charge >= 0.3 is 6.18 Å². The van der Waals surface area contributed by atoms with E-state index in [-0.39, 0.29) is 22.0 Å². The SMILES string of the molecule is CCN(CC(=O)Nc1ccccc1C(F)(F)F)C(=O)c1cc(S(=O)(=O)N(C)C)ccc1Cl. The normalized spacial score (nSPS) is 12.0. The number of amides is 2. The largest absolute Gasteiger partial charge is 0.418 e. The molecule has 2 amide bonds. The van der Waals surface area contributed by atoms with E-state index in [1.54, 1.807) is 6.92 Å². The van der Waals surface area contributed by atoms with Crippen LogP contribution < -0.4 is 5.32 Å². The zero-order valence-electron chi connectivity index (χ0n) is 17.4. The van der Waals surface area contributed by atoms with E-state index in [2.05, 4.69) is 5.32 Å². The van der Waals surface area contributed by atoms with E-state index in [1.807, 2.05) is 0 Å². The molecule has 0 saturated carbocycles. The van der Waals surface area contributed by atoms with E-state index in [1.165, 1.54) is 38.4 Å². The molecule has 0 fully saturated rings. The van der Waals surface area contributed by atoms with Crippen molar-refractivity contribution < 1.29 is 31.2 Å². The number of sulfonamides is 1. The minimum atomic E-state index is -4.67. The quantitative estimate of drug-likeness (QED) is 0.639.